The zero-order chi connectivity index (χ0) is 19.5. The van der Waals surface area contributed by atoms with E-state index in [9.17, 15) is 14.4 Å². The van der Waals surface area contributed by atoms with Gasteiger partial charge in [-0.15, -0.1) is 0 Å². The quantitative estimate of drug-likeness (QED) is 0.597. The third kappa shape index (κ3) is 3.76. The van der Waals surface area contributed by atoms with Crippen molar-refractivity contribution in [2.24, 2.45) is 11.8 Å². The molecule has 0 aromatic carbocycles. The van der Waals surface area contributed by atoms with Gasteiger partial charge < -0.3 is 9.73 Å². The predicted molar refractivity (Wildman–Crippen MR) is 102 cm³/mol. The summed E-state index contributed by atoms with van der Waals surface area (Å²) >= 11 is 0. The number of likely N-dealkylation sites (tertiary alicyclic amines) is 2. The Kier molecular flexibility index (Phi) is 5.62. The lowest BCUT2D eigenvalue weighted by Gasteiger charge is -2.33. The van der Waals surface area contributed by atoms with E-state index in [0.29, 0.717) is 19.4 Å². The highest BCUT2D eigenvalue weighted by atomic mass is 16.3. The Bertz CT molecular complexity index is 726. The third-order valence-corrected chi connectivity index (χ3v) is 6.10. The molecule has 1 aromatic rings. The topological polar surface area (TPSA) is 82.9 Å². The van der Waals surface area contributed by atoms with E-state index in [1.165, 1.54) is 6.42 Å². The van der Waals surface area contributed by atoms with Gasteiger partial charge in [0.2, 0.25) is 17.7 Å². The minimum atomic E-state index is -0.304. The first-order valence-corrected chi connectivity index (χ1v) is 10.2. The number of furan rings is 1. The van der Waals surface area contributed by atoms with E-state index in [4.69, 9.17) is 4.42 Å². The summed E-state index contributed by atoms with van der Waals surface area (Å²) in [4.78, 5) is 41.1. The van der Waals surface area contributed by atoms with E-state index < -0.39 is 0 Å². The van der Waals surface area contributed by atoms with Gasteiger partial charge in [0.25, 0.3) is 0 Å². The van der Waals surface area contributed by atoms with Crippen LogP contribution in [-0.4, -0.2) is 53.7 Å². The van der Waals surface area contributed by atoms with Crippen molar-refractivity contribution in [1.82, 2.24) is 15.1 Å². The second kappa shape index (κ2) is 8.31. The van der Waals surface area contributed by atoms with Gasteiger partial charge in [0.1, 0.15) is 12.3 Å². The van der Waals surface area contributed by atoms with Crippen LogP contribution in [-0.2, 0) is 14.4 Å². The molecule has 0 radical (unpaired) electrons. The molecule has 1 aliphatic carbocycles. The minimum absolute atomic E-state index is 0.0315. The lowest BCUT2D eigenvalue weighted by atomic mass is 9.85. The molecule has 3 heterocycles. The molecule has 7 nitrogen and oxygen atoms in total. The fourth-order valence-corrected chi connectivity index (χ4v) is 4.56. The number of rotatable bonds is 6. The highest BCUT2D eigenvalue weighted by molar-refractivity contribution is 6.07. The molecule has 0 saturated carbocycles. The van der Waals surface area contributed by atoms with Crippen LogP contribution in [0.3, 0.4) is 0 Å². The van der Waals surface area contributed by atoms with Crippen LogP contribution in [0.15, 0.2) is 35.0 Å². The Balaban J connectivity index is 1.36. The van der Waals surface area contributed by atoms with Gasteiger partial charge in [-0.05, 0) is 50.9 Å². The molecule has 2 aliphatic heterocycles. The summed E-state index contributed by atoms with van der Waals surface area (Å²) in [6.07, 6.45) is 10.2. The van der Waals surface area contributed by atoms with Gasteiger partial charge in [-0.3, -0.25) is 24.2 Å². The summed E-state index contributed by atoms with van der Waals surface area (Å²) in [5.41, 5.74) is 0. The molecule has 3 amide bonds. The van der Waals surface area contributed by atoms with Gasteiger partial charge in [-0.2, -0.15) is 0 Å². The minimum Gasteiger partial charge on any atom is -0.468 e. The van der Waals surface area contributed by atoms with Crippen molar-refractivity contribution in [3.05, 3.63) is 36.3 Å². The fourth-order valence-electron chi connectivity index (χ4n) is 4.56. The number of carbonyl (C=O) groups excluding carboxylic acids is 3. The summed E-state index contributed by atoms with van der Waals surface area (Å²) in [7, 11) is 0. The molecule has 0 unspecified atom stereocenters. The fraction of sp³-hybridized carbons (Fsp3) is 0.571. The summed E-state index contributed by atoms with van der Waals surface area (Å²) in [6.45, 7) is 2.15. The van der Waals surface area contributed by atoms with Gasteiger partial charge in [0.05, 0.1) is 24.1 Å². The molecule has 1 N–H and O–H groups in total. The van der Waals surface area contributed by atoms with Gasteiger partial charge in [0, 0.05) is 6.54 Å². The second-order valence-electron chi connectivity index (χ2n) is 7.85. The summed E-state index contributed by atoms with van der Waals surface area (Å²) in [5.74, 6) is -0.500. The maximum absolute atomic E-state index is 12.5. The monoisotopic (exact) mass is 385 g/mol. The maximum Gasteiger partial charge on any atom is 0.240 e. The molecule has 4 rings (SSSR count). The van der Waals surface area contributed by atoms with Crippen LogP contribution in [0.25, 0.3) is 0 Å². The van der Waals surface area contributed by atoms with Crippen LogP contribution in [0.4, 0.5) is 0 Å². The average Bonchev–Trinajstić information content (AvgIpc) is 3.33. The molecule has 28 heavy (non-hydrogen) atoms. The SMILES string of the molecule is O=C(CN1C(=O)[C@H]2CC=CC[C@H]2C1=O)NC[C@H](c1ccco1)N1CCCCC1. The Morgan fingerprint density at radius 3 is 2.39 bits per heavy atom. The number of carbonyl (C=O) groups is 3. The molecule has 0 spiro atoms. The Morgan fingerprint density at radius 2 is 1.79 bits per heavy atom. The number of nitrogens with one attached hydrogen (secondary N) is 1. The molecular weight excluding hydrogens is 358 g/mol. The number of allylic oxidation sites excluding steroid dienone is 2. The van der Waals surface area contributed by atoms with Crippen molar-refractivity contribution < 1.29 is 18.8 Å². The zero-order valence-corrected chi connectivity index (χ0v) is 16.0. The van der Waals surface area contributed by atoms with E-state index in [1.807, 2.05) is 24.3 Å². The van der Waals surface area contributed by atoms with Crippen molar-refractivity contribution in [3.8, 4) is 0 Å². The highest BCUT2D eigenvalue weighted by Crippen LogP contribution is 2.34. The van der Waals surface area contributed by atoms with Crippen molar-refractivity contribution in [2.75, 3.05) is 26.2 Å². The molecule has 0 bridgehead atoms. The van der Waals surface area contributed by atoms with E-state index in [1.54, 1.807) is 6.26 Å². The van der Waals surface area contributed by atoms with Crippen LogP contribution >= 0.6 is 0 Å². The van der Waals surface area contributed by atoms with Gasteiger partial charge in [-0.1, -0.05) is 18.6 Å². The van der Waals surface area contributed by atoms with Crippen LogP contribution in [0.1, 0.15) is 43.9 Å². The van der Waals surface area contributed by atoms with E-state index >= 15 is 0 Å². The number of nitrogens with zero attached hydrogens (tertiary/aromatic N) is 2. The molecular formula is C21H27N3O4. The first-order valence-electron chi connectivity index (χ1n) is 10.2. The van der Waals surface area contributed by atoms with Crippen LogP contribution in [0.2, 0.25) is 0 Å². The number of hydrogen-bond acceptors (Lipinski definition) is 5. The van der Waals surface area contributed by atoms with Crippen molar-refractivity contribution in [3.63, 3.8) is 0 Å². The predicted octanol–water partition coefficient (Wildman–Crippen LogP) is 1.87. The van der Waals surface area contributed by atoms with Gasteiger partial charge >= 0.3 is 0 Å². The number of fused-ring (bicyclic) bond motifs is 1. The smallest absolute Gasteiger partial charge is 0.240 e. The lowest BCUT2D eigenvalue weighted by molar-refractivity contribution is -0.143. The normalized spacial score (nSPS) is 26.4. The molecule has 3 aliphatic rings. The Morgan fingerprint density at radius 1 is 1.11 bits per heavy atom. The summed E-state index contributed by atoms with van der Waals surface area (Å²) in [5, 5.41) is 2.92. The molecule has 7 heteroatoms. The second-order valence-corrected chi connectivity index (χ2v) is 7.85. The number of hydrogen-bond donors (Lipinski definition) is 1. The third-order valence-electron chi connectivity index (χ3n) is 6.10. The molecule has 2 saturated heterocycles. The molecule has 150 valence electrons. The number of piperidine rings is 1. The van der Waals surface area contributed by atoms with E-state index in [-0.39, 0.29) is 42.1 Å². The number of imide groups is 1. The zero-order valence-electron chi connectivity index (χ0n) is 16.0. The Hall–Kier alpha value is -2.41. The van der Waals surface area contributed by atoms with E-state index in [0.717, 1.165) is 36.6 Å². The molecule has 3 atom stereocenters. The number of amides is 3. The average molecular weight is 385 g/mol. The van der Waals surface area contributed by atoms with Gasteiger partial charge in [-0.25, -0.2) is 0 Å². The summed E-state index contributed by atoms with van der Waals surface area (Å²) < 4.78 is 5.59. The first kappa shape index (κ1) is 18.9. The van der Waals surface area contributed by atoms with Crippen molar-refractivity contribution in [2.45, 2.75) is 38.1 Å². The standard InChI is InChI=1S/C21H27N3O4/c25-19(14-24-20(26)15-7-2-3-8-16(15)21(24)27)22-13-17(18-9-6-12-28-18)23-10-4-1-5-11-23/h2-3,6,9,12,15-17H,1,4-5,7-8,10-11,13-14H2,(H,22,25)/t15-,16+,17-/m1/s1. The van der Waals surface area contributed by atoms with Crippen LogP contribution in [0, 0.1) is 11.8 Å². The van der Waals surface area contributed by atoms with Crippen LogP contribution in [0.5, 0.6) is 0 Å². The van der Waals surface area contributed by atoms with Crippen molar-refractivity contribution in [1.29, 1.82) is 0 Å². The Labute approximate surface area is 164 Å². The highest BCUT2D eigenvalue weighted by Gasteiger charge is 2.47. The summed E-state index contributed by atoms with van der Waals surface area (Å²) in [6, 6.07) is 3.75. The largest absolute Gasteiger partial charge is 0.468 e. The van der Waals surface area contributed by atoms with E-state index in [2.05, 4.69) is 10.2 Å². The van der Waals surface area contributed by atoms with Crippen LogP contribution < -0.4 is 5.32 Å². The maximum atomic E-state index is 12.5. The van der Waals surface area contributed by atoms with Crippen molar-refractivity contribution >= 4 is 17.7 Å². The van der Waals surface area contributed by atoms with Gasteiger partial charge in [0.15, 0.2) is 0 Å². The first-order chi connectivity index (χ1) is 13.6. The molecule has 1 aromatic heterocycles. The molecule has 2 fully saturated rings. The lowest BCUT2D eigenvalue weighted by Crippen LogP contribution is -2.45.